The molecule has 0 bridgehead atoms. The summed E-state index contributed by atoms with van der Waals surface area (Å²) in [6, 6.07) is 4.64. The SMILES string of the molecule is Cc1cc(C(C)C)c2c(c1)C(C)CN2. The van der Waals surface area contributed by atoms with Crippen molar-refractivity contribution in [3.05, 3.63) is 28.8 Å². The van der Waals surface area contributed by atoms with Crippen molar-refractivity contribution in [3.8, 4) is 0 Å². The maximum absolute atomic E-state index is 3.53. The molecule has 1 nitrogen and oxygen atoms in total. The van der Waals surface area contributed by atoms with Crippen LogP contribution in [0.1, 0.15) is 49.3 Å². The van der Waals surface area contributed by atoms with Crippen molar-refractivity contribution >= 4 is 5.69 Å². The molecular formula is C13H19N. The Labute approximate surface area is 86.5 Å². The maximum Gasteiger partial charge on any atom is 0.0411 e. The third-order valence-corrected chi connectivity index (χ3v) is 3.08. The molecule has 1 aliphatic rings. The molecule has 1 aromatic rings. The average molecular weight is 189 g/mol. The number of benzene rings is 1. The monoisotopic (exact) mass is 189 g/mol. The third-order valence-electron chi connectivity index (χ3n) is 3.08. The van der Waals surface area contributed by atoms with E-state index in [0.717, 1.165) is 6.54 Å². The molecule has 0 fully saturated rings. The fraction of sp³-hybridized carbons (Fsp3) is 0.538. The molecule has 0 saturated carbocycles. The maximum atomic E-state index is 3.53. The van der Waals surface area contributed by atoms with Gasteiger partial charge < -0.3 is 5.32 Å². The van der Waals surface area contributed by atoms with Crippen LogP contribution in [0.5, 0.6) is 0 Å². The van der Waals surface area contributed by atoms with Gasteiger partial charge in [0.2, 0.25) is 0 Å². The van der Waals surface area contributed by atoms with Crippen molar-refractivity contribution in [2.24, 2.45) is 0 Å². The lowest BCUT2D eigenvalue weighted by atomic mass is 9.93. The van der Waals surface area contributed by atoms with Gasteiger partial charge in [0.25, 0.3) is 0 Å². The molecule has 0 saturated heterocycles. The van der Waals surface area contributed by atoms with E-state index >= 15 is 0 Å². The molecule has 1 heterocycles. The van der Waals surface area contributed by atoms with Gasteiger partial charge >= 0.3 is 0 Å². The van der Waals surface area contributed by atoms with Gasteiger partial charge in [-0.15, -0.1) is 0 Å². The fourth-order valence-corrected chi connectivity index (χ4v) is 2.26. The Kier molecular flexibility index (Phi) is 2.26. The van der Waals surface area contributed by atoms with Crippen molar-refractivity contribution in [2.45, 2.75) is 39.5 Å². The van der Waals surface area contributed by atoms with E-state index in [1.807, 2.05) is 0 Å². The Hall–Kier alpha value is -0.980. The predicted octanol–water partition coefficient (Wildman–Crippen LogP) is 3.65. The van der Waals surface area contributed by atoms with Crippen LogP contribution >= 0.6 is 0 Å². The predicted molar refractivity (Wildman–Crippen MR) is 62.2 cm³/mol. The summed E-state index contributed by atoms with van der Waals surface area (Å²) >= 11 is 0. The summed E-state index contributed by atoms with van der Waals surface area (Å²) in [5.41, 5.74) is 5.78. The van der Waals surface area contributed by atoms with E-state index in [4.69, 9.17) is 0 Å². The Bertz CT molecular complexity index is 352. The second-order valence-corrected chi connectivity index (χ2v) is 4.76. The van der Waals surface area contributed by atoms with Crippen LogP contribution < -0.4 is 5.32 Å². The van der Waals surface area contributed by atoms with E-state index in [0.29, 0.717) is 11.8 Å². The van der Waals surface area contributed by atoms with Crippen LogP contribution in [0.25, 0.3) is 0 Å². The first-order chi connectivity index (χ1) is 6.59. The first-order valence-corrected chi connectivity index (χ1v) is 5.48. The van der Waals surface area contributed by atoms with E-state index in [9.17, 15) is 0 Å². The van der Waals surface area contributed by atoms with Gasteiger partial charge in [0.15, 0.2) is 0 Å². The zero-order chi connectivity index (χ0) is 10.3. The molecule has 0 amide bonds. The first-order valence-electron chi connectivity index (χ1n) is 5.48. The quantitative estimate of drug-likeness (QED) is 0.711. The van der Waals surface area contributed by atoms with Crippen LogP contribution in [0.2, 0.25) is 0 Å². The van der Waals surface area contributed by atoms with Crippen LogP contribution in [-0.4, -0.2) is 6.54 Å². The van der Waals surface area contributed by atoms with Gasteiger partial charge in [-0.1, -0.05) is 38.5 Å². The van der Waals surface area contributed by atoms with Gasteiger partial charge in [0.05, 0.1) is 0 Å². The minimum atomic E-state index is 0.612. The fourth-order valence-electron chi connectivity index (χ4n) is 2.26. The number of hydrogen-bond donors (Lipinski definition) is 1. The molecule has 0 aromatic heterocycles. The highest BCUT2D eigenvalue weighted by Gasteiger charge is 2.22. The second kappa shape index (κ2) is 3.30. The second-order valence-electron chi connectivity index (χ2n) is 4.76. The molecule has 76 valence electrons. The summed E-state index contributed by atoms with van der Waals surface area (Å²) in [7, 11) is 0. The Morgan fingerprint density at radius 3 is 2.71 bits per heavy atom. The van der Waals surface area contributed by atoms with E-state index in [1.54, 1.807) is 0 Å². The lowest BCUT2D eigenvalue weighted by Crippen LogP contribution is -1.98. The van der Waals surface area contributed by atoms with Gasteiger partial charge in [-0.05, 0) is 24.0 Å². The normalized spacial score (nSPS) is 19.6. The minimum Gasteiger partial charge on any atom is -0.384 e. The highest BCUT2D eigenvalue weighted by Crippen LogP contribution is 2.37. The summed E-state index contributed by atoms with van der Waals surface area (Å²) in [4.78, 5) is 0. The van der Waals surface area contributed by atoms with Gasteiger partial charge in [-0.3, -0.25) is 0 Å². The smallest absolute Gasteiger partial charge is 0.0411 e. The number of fused-ring (bicyclic) bond motifs is 1. The number of rotatable bonds is 1. The van der Waals surface area contributed by atoms with E-state index < -0.39 is 0 Å². The first kappa shape index (κ1) is 9.57. The Balaban J connectivity index is 2.57. The molecular weight excluding hydrogens is 170 g/mol. The number of aryl methyl sites for hydroxylation is 1. The zero-order valence-electron chi connectivity index (χ0n) is 9.52. The molecule has 0 radical (unpaired) electrons. The summed E-state index contributed by atoms with van der Waals surface area (Å²) < 4.78 is 0. The standard InChI is InChI=1S/C13H19N/c1-8(2)11-5-9(3)6-12-10(4)7-14-13(11)12/h5-6,8,10,14H,7H2,1-4H3. The summed E-state index contributed by atoms with van der Waals surface area (Å²) in [5.74, 6) is 1.28. The van der Waals surface area contributed by atoms with Crippen molar-refractivity contribution in [1.29, 1.82) is 0 Å². The summed E-state index contributed by atoms with van der Waals surface area (Å²) in [5, 5.41) is 3.53. The Morgan fingerprint density at radius 1 is 1.36 bits per heavy atom. The number of nitrogens with one attached hydrogen (secondary N) is 1. The summed E-state index contributed by atoms with van der Waals surface area (Å²) in [6.45, 7) is 10.1. The van der Waals surface area contributed by atoms with Crippen molar-refractivity contribution in [1.82, 2.24) is 0 Å². The number of hydrogen-bond acceptors (Lipinski definition) is 1. The average Bonchev–Trinajstić information content (AvgIpc) is 2.47. The van der Waals surface area contributed by atoms with Crippen molar-refractivity contribution < 1.29 is 0 Å². The molecule has 1 unspecified atom stereocenters. The number of anilines is 1. The largest absolute Gasteiger partial charge is 0.384 e. The highest BCUT2D eigenvalue weighted by molar-refractivity contribution is 5.65. The van der Waals surface area contributed by atoms with Crippen molar-refractivity contribution in [2.75, 3.05) is 11.9 Å². The molecule has 1 N–H and O–H groups in total. The molecule has 0 aliphatic carbocycles. The van der Waals surface area contributed by atoms with Gasteiger partial charge in [-0.2, -0.15) is 0 Å². The molecule has 1 heteroatoms. The van der Waals surface area contributed by atoms with Gasteiger partial charge in [-0.25, -0.2) is 0 Å². The van der Waals surface area contributed by atoms with Crippen LogP contribution in [0.3, 0.4) is 0 Å². The van der Waals surface area contributed by atoms with Crippen LogP contribution in [-0.2, 0) is 0 Å². The lowest BCUT2D eigenvalue weighted by Gasteiger charge is -2.13. The molecule has 1 atom stereocenters. The third kappa shape index (κ3) is 1.41. The molecule has 14 heavy (non-hydrogen) atoms. The summed E-state index contributed by atoms with van der Waals surface area (Å²) in [6.07, 6.45) is 0. The molecule has 0 spiro atoms. The van der Waals surface area contributed by atoms with Gasteiger partial charge in [0, 0.05) is 18.2 Å². The van der Waals surface area contributed by atoms with E-state index in [-0.39, 0.29) is 0 Å². The topological polar surface area (TPSA) is 12.0 Å². The molecule has 1 aromatic carbocycles. The van der Waals surface area contributed by atoms with Crippen LogP contribution in [0.15, 0.2) is 12.1 Å². The lowest BCUT2D eigenvalue weighted by molar-refractivity contribution is 0.850. The van der Waals surface area contributed by atoms with Crippen LogP contribution in [0, 0.1) is 6.92 Å². The van der Waals surface area contributed by atoms with Crippen LogP contribution in [0.4, 0.5) is 5.69 Å². The van der Waals surface area contributed by atoms with Gasteiger partial charge in [0.1, 0.15) is 0 Å². The van der Waals surface area contributed by atoms with E-state index in [1.165, 1.54) is 22.4 Å². The molecule has 1 aliphatic heterocycles. The minimum absolute atomic E-state index is 0.612. The van der Waals surface area contributed by atoms with Crippen molar-refractivity contribution in [3.63, 3.8) is 0 Å². The zero-order valence-corrected chi connectivity index (χ0v) is 9.52. The molecule has 2 rings (SSSR count). The Morgan fingerprint density at radius 2 is 2.07 bits per heavy atom. The highest BCUT2D eigenvalue weighted by atomic mass is 14.9. The van der Waals surface area contributed by atoms with E-state index in [2.05, 4.69) is 45.1 Å².